The predicted octanol–water partition coefficient (Wildman–Crippen LogP) is 4.29. The van der Waals surface area contributed by atoms with Crippen LogP contribution in [0.2, 0.25) is 0 Å². The number of carboxylic acid groups (broad SMARTS) is 1. The minimum atomic E-state index is -1.38. The van der Waals surface area contributed by atoms with Gasteiger partial charge in [0.2, 0.25) is 0 Å². The maximum absolute atomic E-state index is 12.0. The quantitative estimate of drug-likeness (QED) is 0.365. The molecule has 2 N–H and O–H groups in total. The average molecular weight is 436 g/mol. The minimum absolute atomic E-state index is 0.0677. The van der Waals surface area contributed by atoms with Crippen molar-refractivity contribution < 1.29 is 24.5 Å². The SMILES string of the molecule is COc1ccc(C(O)(c2ccc(OCCCC(=O)O)cc2)c2ccc(N(C)C)cc2)cc1. The molecule has 0 aliphatic heterocycles. The summed E-state index contributed by atoms with van der Waals surface area (Å²) in [7, 11) is 5.55. The summed E-state index contributed by atoms with van der Waals surface area (Å²) in [6.45, 7) is 0.320. The number of rotatable bonds is 10. The highest BCUT2D eigenvalue weighted by Gasteiger charge is 2.34. The highest BCUT2D eigenvalue weighted by molar-refractivity contribution is 5.66. The van der Waals surface area contributed by atoms with E-state index in [0.29, 0.717) is 35.7 Å². The van der Waals surface area contributed by atoms with Gasteiger partial charge in [0.15, 0.2) is 0 Å². The van der Waals surface area contributed by atoms with Gasteiger partial charge in [0.05, 0.1) is 13.7 Å². The van der Waals surface area contributed by atoms with Gasteiger partial charge < -0.3 is 24.6 Å². The molecule has 0 amide bonds. The van der Waals surface area contributed by atoms with Crippen molar-refractivity contribution in [3.05, 3.63) is 89.5 Å². The Kier molecular flexibility index (Phi) is 7.38. The second-order valence-corrected chi connectivity index (χ2v) is 7.75. The van der Waals surface area contributed by atoms with Gasteiger partial charge in [-0.3, -0.25) is 4.79 Å². The highest BCUT2D eigenvalue weighted by Crippen LogP contribution is 2.38. The molecule has 168 valence electrons. The molecular weight excluding hydrogens is 406 g/mol. The lowest BCUT2D eigenvalue weighted by molar-refractivity contribution is -0.137. The molecule has 0 aromatic heterocycles. The van der Waals surface area contributed by atoms with Gasteiger partial charge in [-0.25, -0.2) is 0 Å². The van der Waals surface area contributed by atoms with Gasteiger partial charge in [0.1, 0.15) is 17.1 Å². The number of methoxy groups -OCH3 is 1. The van der Waals surface area contributed by atoms with Crippen LogP contribution in [0.4, 0.5) is 5.69 Å². The van der Waals surface area contributed by atoms with Crippen molar-refractivity contribution in [3.8, 4) is 11.5 Å². The Bertz CT molecular complexity index is 1010. The van der Waals surface area contributed by atoms with E-state index in [2.05, 4.69) is 0 Å². The third-order valence-electron chi connectivity index (χ3n) is 5.39. The van der Waals surface area contributed by atoms with Gasteiger partial charge in [0, 0.05) is 26.2 Å². The van der Waals surface area contributed by atoms with Crippen molar-refractivity contribution in [3.63, 3.8) is 0 Å². The van der Waals surface area contributed by atoms with Gasteiger partial charge in [0.25, 0.3) is 0 Å². The van der Waals surface area contributed by atoms with Crippen LogP contribution in [-0.4, -0.2) is 44.0 Å². The number of hydrogen-bond acceptors (Lipinski definition) is 5. The first-order valence-electron chi connectivity index (χ1n) is 10.4. The van der Waals surface area contributed by atoms with Crippen LogP contribution in [0.3, 0.4) is 0 Å². The molecule has 1 unspecified atom stereocenters. The third kappa shape index (κ3) is 5.21. The van der Waals surface area contributed by atoms with Gasteiger partial charge in [-0.05, 0) is 59.5 Å². The number of aliphatic carboxylic acids is 1. The van der Waals surface area contributed by atoms with Crippen LogP contribution in [-0.2, 0) is 10.4 Å². The summed E-state index contributed by atoms with van der Waals surface area (Å²) in [4.78, 5) is 12.6. The van der Waals surface area contributed by atoms with Crippen LogP contribution in [0.25, 0.3) is 0 Å². The maximum Gasteiger partial charge on any atom is 0.303 e. The largest absolute Gasteiger partial charge is 0.497 e. The topological polar surface area (TPSA) is 79.2 Å². The minimum Gasteiger partial charge on any atom is -0.497 e. The van der Waals surface area contributed by atoms with Gasteiger partial charge in [-0.1, -0.05) is 36.4 Å². The maximum atomic E-state index is 12.0. The van der Waals surface area contributed by atoms with E-state index in [0.717, 1.165) is 11.3 Å². The van der Waals surface area contributed by atoms with E-state index in [1.54, 1.807) is 19.2 Å². The first-order valence-corrected chi connectivity index (χ1v) is 10.4. The zero-order chi connectivity index (χ0) is 23.1. The fraction of sp³-hybridized carbons (Fsp3) is 0.269. The van der Waals surface area contributed by atoms with Crippen molar-refractivity contribution in [2.45, 2.75) is 18.4 Å². The van der Waals surface area contributed by atoms with E-state index < -0.39 is 11.6 Å². The fourth-order valence-electron chi connectivity index (χ4n) is 3.54. The number of hydrogen-bond donors (Lipinski definition) is 2. The summed E-state index contributed by atoms with van der Waals surface area (Å²) in [5.41, 5.74) is 1.81. The molecule has 0 spiro atoms. The molecule has 6 heteroatoms. The monoisotopic (exact) mass is 435 g/mol. The first kappa shape index (κ1) is 23.2. The number of aliphatic hydroxyl groups is 1. The van der Waals surface area contributed by atoms with Crippen LogP contribution in [0, 0.1) is 0 Å². The lowest BCUT2D eigenvalue weighted by atomic mass is 9.80. The molecule has 0 aliphatic carbocycles. The van der Waals surface area contributed by atoms with E-state index >= 15 is 0 Å². The summed E-state index contributed by atoms with van der Waals surface area (Å²) in [6.07, 6.45) is 0.503. The van der Waals surface area contributed by atoms with Crippen LogP contribution >= 0.6 is 0 Å². The van der Waals surface area contributed by atoms with Crippen LogP contribution in [0.5, 0.6) is 11.5 Å². The van der Waals surface area contributed by atoms with Crippen molar-refractivity contribution in [2.75, 3.05) is 32.7 Å². The third-order valence-corrected chi connectivity index (χ3v) is 5.39. The molecule has 0 fully saturated rings. The number of benzene rings is 3. The molecule has 1 atom stereocenters. The number of nitrogens with zero attached hydrogens (tertiary/aromatic N) is 1. The Balaban J connectivity index is 1.94. The van der Waals surface area contributed by atoms with E-state index in [4.69, 9.17) is 14.6 Å². The van der Waals surface area contributed by atoms with E-state index in [1.165, 1.54) is 0 Å². The zero-order valence-electron chi connectivity index (χ0n) is 18.6. The Labute approximate surface area is 188 Å². The molecule has 0 aliphatic rings. The Morgan fingerprint density at radius 2 is 1.31 bits per heavy atom. The first-order chi connectivity index (χ1) is 15.3. The summed E-state index contributed by atoms with van der Waals surface area (Å²) in [6, 6.07) is 22.4. The average Bonchev–Trinajstić information content (AvgIpc) is 2.81. The summed E-state index contributed by atoms with van der Waals surface area (Å²) < 4.78 is 10.9. The van der Waals surface area contributed by atoms with E-state index in [9.17, 15) is 9.90 Å². The highest BCUT2D eigenvalue weighted by atomic mass is 16.5. The molecule has 0 saturated heterocycles. The Morgan fingerprint density at radius 1 is 0.844 bits per heavy atom. The van der Waals surface area contributed by atoms with Crippen molar-refractivity contribution in [1.82, 2.24) is 0 Å². The second-order valence-electron chi connectivity index (χ2n) is 7.75. The van der Waals surface area contributed by atoms with Gasteiger partial charge >= 0.3 is 5.97 Å². The van der Waals surface area contributed by atoms with Gasteiger partial charge in [-0.15, -0.1) is 0 Å². The second kappa shape index (κ2) is 10.2. The number of anilines is 1. The molecule has 0 saturated carbocycles. The predicted molar refractivity (Wildman–Crippen MR) is 125 cm³/mol. The molecule has 0 radical (unpaired) electrons. The number of carboxylic acids is 1. The smallest absolute Gasteiger partial charge is 0.303 e. The van der Waals surface area contributed by atoms with Crippen LogP contribution in [0.1, 0.15) is 29.5 Å². The molecule has 3 aromatic carbocycles. The standard InChI is InChI=1S/C26H29NO5/c1-27(2)22-12-6-19(7-13-22)26(30,20-8-14-23(31-3)15-9-20)21-10-16-24(17-11-21)32-18-4-5-25(28)29/h6-17,30H,4-5,18H2,1-3H3,(H,28,29). The number of ether oxygens (including phenoxy) is 2. The summed E-state index contributed by atoms with van der Waals surface area (Å²) in [5.74, 6) is 0.497. The molecule has 0 heterocycles. The summed E-state index contributed by atoms with van der Waals surface area (Å²) in [5, 5.41) is 20.8. The van der Waals surface area contributed by atoms with E-state index in [-0.39, 0.29) is 6.42 Å². The van der Waals surface area contributed by atoms with Gasteiger partial charge in [-0.2, -0.15) is 0 Å². The number of carbonyl (C=O) groups is 1. The van der Waals surface area contributed by atoms with Crippen molar-refractivity contribution in [1.29, 1.82) is 0 Å². The Morgan fingerprint density at radius 3 is 1.75 bits per heavy atom. The fourth-order valence-corrected chi connectivity index (χ4v) is 3.54. The summed E-state index contributed by atoms with van der Waals surface area (Å²) >= 11 is 0. The van der Waals surface area contributed by atoms with Crippen LogP contribution in [0.15, 0.2) is 72.8 Å². The van der Waals surface area contributed by atoms with Crippen LogP contribution < -0.4 is 14.4 Å². The molecule has 6 nitrogen and oxygen atoms in total. The lowest BCUT2D eigenvalue weighted by Gasteiger charge is -2.31. The zero-order valence-corrected chi connectivity index (χ0v) is 18.6. The lowest BCUT2D eigenvalue weighted by Crippen LogP contribution is -2.29. The molecular formula is C26H29NO5. The molecule has 3 rings (SSSR count). The van der Waals surface area contributed by atoms with E-state index in [1.807, 2.05) is 79.7 Å². The van der Waals surface area contributed by atoms with Crippen molar-refractivity contribution in [2.24, 2.45) is 0 Å². The molecule has 32 heavy (non-hydrogen) atoms. The molecule has 3 aromatic rings. The normalized spacial score (nSPS) is 12.6. The van der Waals surface area contributed by atoms with Crippen molar-refractivity contribution >= 4 is 11.7 Å². The Hall–Kier alpha value is -3.51. The molecule has 0 bridgehead atoms.